The first-order valence-corrected chi connectivity index (χ1v) is 8.03. The first-order valence-electron chi connectivity index (χ1n) is 8.03. The number of nitrogens with zero attached hydrogens (tertiary/aromatic N) is 3. The molecule has 1 aliphatic rings. The number of piperidine rings is 1. The molecule has 1 amide bonds. The number of furan rings is 1. The van der Waals surface area contributed by atoms with Gasteiger partial charge in [-0.3, -0.25) is 4.79 Å². The molecule has 1 aromatic carbocycles. The van der Waals surface area contributed by atoms with Gasteiger partial charge in [0, 0.05) is 18.7 Å². The highest BCUT2D eigenvalue weighted by molar-refractivity contribution is 5.91. The van der Waals surface area contributed by atoms with Crippen LogP contribution >= 0.6 is 0 Å². The molecule has 1 atom stereocenters. The van der Waals surface area contributed by atoms with E-state index in [0.717, 1.165) is 24.9 Å². The van der Waals surface area contributed by atoms with Crippen molar-refractivity contribution in [3.8, 4) is 11.5 Å². The standard InChI is InChI=1S/C18H17N3O3/c22-18(15-9-5-11-23-15)21-10-4-8-14(12-21)17-20-19-16(24-17)13-6-2-1-3-7-13/h1-3,5-7,9,11,14H,4,8,10,12H2/t14-/m0/s1. The van der Waals surface area contributed by atoms with Gasteiger partial charge in [-0.2, -0.15) is 0 Å². The maximum Gasteiger partial charge on any atom is 0.289 e. The summed E-state index contributed by atoms with van der Waals surface area (Å²) in [6.45, 7) is 1.28. The van der Waals surface area contributed by atoms with E-state index in [1.165, 1.54) is 6.26 Å². The molecule has 0 bridgehead atoms. The molecule has 3 heterocycles. The van der Waals surface area contributed by atoms with Crippen molar-refractivity contribution < 1.29 is 13.6 Å². The molecule has 0 aliphatic carbocycles. The summed E-state index contributed by atoms with van der Waals surface area (Å²) < 4.78 is 11.1. The van der Waals surface area contributed by atoms with E-state index in [0.29, 0.717) is 24.1 Å². The molecule has 0 unspecified atom stereocenters. The van der Waals surface area contributed by atoms with Crippen molar-refractivity contribution in [2.45, 2.75) is 18.8 Å². The van der Waals surface area contributed by atoms with E-state index in [1.807, 2.05) is 30.3 Å². The quantitative estimate of drug-likeness (QED) is 0.739. The zero-order valence-corrected chi connectivity index (χ0v) is 13.1. The van der Waals surface area contributed by atoms with Crippen molar-refractivity contribution in [2.24, 2.45) is 0 Å². The third kappa shape index (κ3) is 2.82. The van der Waals surface area contributed by atoms with E-state index in [9.17, 15) is 4.79 Å². The highest BCUT2D eigenvalue weighted by atomic mass is 16.4. The van der Waals surface area contributed by atoms with E-state index < -0.39 is 0 Å². The third-order valence-electron chi connectivity index (χ3n) is 4.25. The second kappa shape index (κ2) is 6.31. The number of likely N-dealkylation sites (tertiary alicyclic amines) is 1. The highest BCUT2D eigenvalue weighted by Crippen LogP contribution is 2.29. The van der Waals surface area contributed by atoms with Crippen molar-refractivity contribution in [1.82, 2.24) is 15.1 Å². The van der Waals surface area contributed by atoms with Gasteiger partial charge in [-0.05, 0) is 37.1 Å². The van der Waals surface area contributed by atoms with Crippen molar-refractivity contribution in [3.05, 3.63) is 60.4 Å². The van der Waals surface area contributed by atoms with Gasteiger partial charge in [0.1, 0.15) is 0 Å². The lowest BCUT2D eigenvalue weighted by molar-refractivity contribution is 0.0666. The van der Waals surface area contributed by atoms with Gasteiger partial charge in [0.15, 0.2) is 5.76 Å². The average molecular weight is 323 g/mol. The van der Waals surface area contributed by atoms with E-state index in [4.69, 9.17) is 8.83 Å². The molecule has 1 fully saturated rings. The summed E-state index contributed by atoms with van der Waals surface area (Å²) in [5.74, 6) is 1.44. The summed E-state index contributed by atoms with van der Waals surface area (Å²) in [7, 11) is 0. The minimum absolute atomic E-state index is 0.0580. The Morgan fingerprint density at radius 2 is 2.00 bits per heavy atom. The van der Waals surface area contributed by atoms with Crippen LogP contribution in [-0.4, -0.2) is 34.1 Å². The molecule has 0 radical (unpaired) electrons. The summed E-state index contributed by atoms with van der Waals surface area (Å²) in [5, 5.41) is 8.34. The van der Waals surface area contributed by atoms with Gasteiger partial charge < -0.3 is 13.7 Å². The van der Waals surface area contributed by atoms with Crippen LogP contribution in [0.2, 0.25) is 0 Å². The number of carbonyl (C=O) groups excluding carboxylic acids is 1. The maximum atomic E-state index is 12.4. The molecular weight excluding hydrogens is 306 g/mol. The lowest BCUT2D eigenvalue weighted by Crippen LogP contribution is -2.39. The molecule has 0 saturated carbocycles. The first kappa shape index (κ1) is 14.7. The lowest BCUT2D eigenvalue weighted by atomic mass is 9.98. The first-order chi connectivity index (χ1) is 11.8. The Bertz CT molecular complexity index is 811. The predicted molar refractivity (Wildman–Crippen MR) is 86.3 cm³/mol. The zero-order chi connectivity index (χ0) is 16.4. The molecule has 0 N–H and O–H groups in total. The number of carbonyl (C=O) groups is 1. The molecule has 1 saturated heterocycles. The van der Waals surface area contributed by atoms with Crippen molar-refractivity contribution in [2.75, 3.05) is 13.1 Å². The summed E-state index contributed by atoms with van der Waals surface area (Å²) in [6, 6.07) is 13.1. The molecular formula is C18H17N3O3. The molecule has 4 rings (SSSR count). The molecule has 1 aliphatic heterocycles. The molecule has 3 aromatic rings. The van der Waals surface area contributed by atoms with Crippen LogP contribution < -0.4 is 0 Å². The smallest absolute Gasteiger partial charge is 0.289 e. The van der Waals surface area contributed by atoms with E-state index in [2.05, 4.69) is 10.2 Å². The molecule has 2 aromatic heterocycles. The van der Waals surface area contributed by atoms with Gasteiger partial charge in [-0.15, -0.1) is 10.2 Å². The fourth-order valence-corrected chi connectivity index (χ4v) is 3.02. The topological polar surface area (TPSA) is 72.4 Å². The Morgan fingerprint density at radius 3 is 2.79 bits per heavy atom. The molecule has 122 valence electrons. The second-order valence-electron chi connectivity index (χ2n) is 5.88. The number of aromatic nitrogens is 2. The number of hydrogen-bond donors (Lipinski definition) is 0. The summed E-state index contributed by atoms with van der Waals surface area (Å²) >= 11 is 0. The fraction of sp³-hybridized carbons (Fsp3) is 0.278. The highest BCUT2D eigenvalue weighted by Gasteiger charge is 2.29. The number of benzene rings is 1. The van der Waals surface area contributed by atoms with Gasteiger partial charge in [0.2, 0.25) is 11.8 Å². The van der Waals surface area contributed by atoms with Gasteiger partial charge in [-0.25, -0.2) is 0 Å². The zero-order valence-electron chi connectivity index (χ0n) is 13.1. The Labute approximate surface area is 139 Å². The molecule has 24 heavy (non-hydrogen) atoms. The van der Waals surface area contributed by atoms with Crippen LogP contribution in [0.5, 0.6) is 0 Å². The average Bonchev–Trinajstić information content (AvgIpc) is 3.34. The van der Waals surface area contributed by atoms with Crippen LogP contribution in [-0.2, 0) is 0 Å². The summed E-state index contributed by atoms with van der Waals surface area (Å²) in [5.41, 5.74) is 0.899. The molecule has 0 spiro atoms. The summed E-state index contributed by atoms with van der Waals surface area (Å²) in [6.07, 6.45) is 3.34. The van der Waals surface area contributed by atoms with Crippen LogP contribution in [0.15, 0.2) is 57.6 Å². The summed E-state index contributed by atoms with van der Waals surface area (Å²) in [4.78, 5) is 14.2. The minimum atomic E-state index is -0.0903. The normalized spacial score (nSPS) is 17.8. The van der Waals surface area contributed by atoms with Crippen molar-refractivity contribution in [3.63, 3.8) is 0 Å². The fourth-order valence-electron chi connectivity index (χ4n) is 3.02. The van der Waals surface area contributed by atoms with Crippen LogP contribution in [0, 0.1) is 0 Å². The molecule has 6 nitrogen and oxygen atoms in total. The Balaban J connectivity index is 1.50. The van der Waals surface area contributed by atoms with Crippen LogP contribution in [0.25, 0.3) is 11.5 Å². The number of hydrogen-bond acceptors (Lipinski definition) is 5. The Kier molecular flexibility index (Phi) is 3.86. The van der Waals surface area contributed by atoms with E-state index >= 15 is 0 Å². The number of rotatable bonds is 3. The SMILES string of the molecule is O=C(c1ccco1)N1CCC[C@H](c2nnc(-c3ccccc3)o2)C1. The molecule has 6 heteroatoms. The van der Waals surface area contributed by atoms with E-state index in [-0.39, 0.29) is 11.8 Å². The minimum Gasteiger partial charge on any atom is -0.459 e. The van der Waals surface area contributed by atoms with Gasteiger partial charge in [-0.1, -0.05) is 18.2 Å². The largest absolute Gasteiger partial charge is 0.459 e. The van der Waals surface area contributed by atoms with Crippen molar-refractivity contribution in [1.29, 1.82) is 0 Å². The van der Waals surface area contributed by atoms with E-state index in [1.54, 1.807) is 17.0 Å². The predicted octanol–water partition coefficient (Wildman–Crippen LogP) is 3.35. The maximum absolute atomic E-state index is 12.4. The monoisotopic (exact) mass is 323 g/mol. The lowest BCUT2D eigenvalue weighted by Gasteiger charge is -2.30. The number of amides is 1. The van der Waals surface area contributed by atoms with Gasteiger partial charge >= 0.3 is 0 Å². The van der Waals surface area contributed by atoms with Crippen LogP contribution in [0.3, 0.4) is 0 Å². The van der Waals surface area contributed by atoms with Crippen LogP contribution in [0.1, 0.15) is 35.2 Å². The van der Waals surface area contributed by atoms with Gasteiger partial charge in [0.05, 0.1) is 12.2 Å². The van der Waals surface area contributed by atoms with Crippen LogP contribution in [0.4, 0.5) is 0 Å². The third-order valence-corrected chi connectivity index (χ3v) is 4.25. The second-order valence-corrected chi connectivity index (χ2v) is 5.88. The van der Waals surface area contributed by atoms with Crippen molar-refractivity contribution >= 4 is 5.91 Å². The Morgan fingerprint density at radius 1 is 1.12 bits per heavy atom. The van der Waals surface area contributed by atoms with Gasteiger partial charge in [0.25, 0.3) is 5.91 Å². The Hall–Kier alpha value is -2.89.